The lowest BCUT2D eigenvalue weighted by atomic mass is 10.2. The number of hydrogen-bond donors (Lipinski definition) is 1. The Balaban J connectivity index is 1.43. The Morgan fingerprint density at radius 1 is 1.00 bits per heavy atom. The summed E-state index contributed by atoms with van der Waals surface area (Å²) in [6.07, 6.45) is 1.21. The molecule has 1 aromatic heterocycles. The maximum atomic E-state index is 12.0. The number of H-pyrrole nitrogens is 1. The molecule has 0 radical (unpaired) electrons. The minimum atomic E-state index is -0.162. The number of nitrogens with one attached hydrogen (secondary N) is 1. The molecule has 6 heteroatoms. The second kappa shape index (κ2) is 9.32. The molecule has 1 aliphatic rings. The lowest BCUT2D eigenvalue weighted by Crippen LogP contribution is -2.46. The van der Waals surface area contributed by atoms with Crippen molar-refractivity contribution in [3.05, 3.63) is 65.0 Å². The largest absolute Gasteiger partial charge is 0.456 e. The zero-order chi connectivity index (χ0) is 20.9. The zero-order valence-electron chi connectivity index (χ0n) is 17.8. The second-order valence-electron chi connectivity index (χ2n) is 8.13. The van der Waals surface area contributed by atoms with Crippen LogP contribution in [0, 0.1) is 0 Å². The van der Waals surface area contributed by atoms with Crippen LogP contribution in [0.4, 0.5) is 5.69 Å². The standard InChI is InChI=1S/C24H30N4O2/c1-26(2)11-6-12-27-13-15-28(16-14-27)19-7-5-8-20(17-19)30-23-18-24(29)25-22-10-4-3-9-21(22)23/h3-5,7-10,17-18H,6,11-16H2,1-2H3,(H,25,29). The number of pyridine rings is 1. The van der Waals surface area contributed by atoms with Gasteiger partial charge in [0.15, 0.2) is 0 Å². The minimum absolute atomic E-state index is 0.162. The van der Waals surface area contributed by atoms with Crippen molar-refractivity contribution in [1.82, 2.24) is 14.8 Å². The molecule has 0 spiro atoms. The number of benzene rings is 2. The van der Waals surface area contributed by atoms with Gasteiger partial charge in [-0.25, -0.2) is 0 Å². The lowest BCUT2D eigenvalue weighted by molar-refractivity contribution is 0.242. The Labute approximate surface area is 177 Å². The number of aromatic amines is 1. The lowest BCUT2D eigenvalue weighted by Gasteiger charge is -2.36. The number of nitrogens with zero attached hydrogens (tertiary/aromatic N) is 3. The van der Waals surface area contributed by atoms with Crippen molar-refractivity contribution in [1.29, 1.82) is 0 Å². The van der Waals surface area contributed by atoms with Crippen molar-refractivity contribution >= 4 is 16.6 Å². The molecule has 0 saturated carbocycles. The van der Waals surface area contributed by atoms with E-state index in [0.29, 0.717) is 5.75 Å². The first-order valence-electron chi connectivity index (χ1n) is 10.6. The average Bonchev–Trinajstić information content (AvgIpc) is 2.74. The molecule has 1 saturated heterocycles. The van der Waals surface area contributed by atoms with Crippen LogP contribution in [-0.2, 0) is 0 Å². The summed E-state index contributed by atoms with van der Waals surface area (Å²) in [6, 6.07) is 17.4. The van der Waals surface area contributed by atoms with E-state index in [0.717, 1.165) is 61.6 Å². The molecule has 0 aliphatic carbocycles. The van der Waals surface area contributed by atoms with Crippen LogP contribution in [0.3, 0.4) is 0 Å². The van der Waals surface area contributed by atoms with Crippen molar-refractivity contribution in [3.63, 3.8) is 0 Å². The Bertz CT molecular complexity index is 1040. The van der Waals surface area contributed by atoms with Gasteiger partial charge in [0, 0.05) is 49.4 Å². The van der Waals surface area contributed by atoms with E-state index in [1.165, 1.54) is 12.5 Å². The van der Waals surface area contributed by atoms with Crippen molar-refractivity contribution in [2.75, 3.05) is 58.3 Å². The second-order valence-corrected chi connectivity index (χ2v) is 8.13. The molecule has 2 heterocycles. The number of anilines is 1. The number of fused-ring (bicyclic) bond motifs is 1. The van der Waals surface area contributed by atoms with Crippen molar-refractivity contribution in [3.8, 4) is 11.5 Å². The summed E-state index contributed by atoms with van der Waals surface area (Å²) < 4.78 is 6.14. The van der Waals surface area contributed by atoms with Crippen LogP contribution in [-0.4, -0.2) is 68.1 Å². The van der Waals surface area contributed by atoms with E-state index in [9.17, 15) is 4.79 Å². The normalized spacial score (nSPS) is 15.1. The SMILES string of the molecule is CN(C)CCCN1CCN(c2cccc(Oc3cc(=O)[nH]c4ccccc34)c2)CC1. The summed E-state index contributed by atoms with van der Waals surface area (Å²) in [4.78, 5) is 22.0. The first kappa shape index (κ1) is 20.4. The third-order valence-electron chi connectivity index (χ3n) is 5.58. The van der Waals surface area contributed by atoms with Crippen molar-refractivity contribution in [2.45, 2.75) is 6.42 Å². The van der Waals surface area contributed by atoms with Gasteiger partial charge in [-0.05, 0) is 57.9 Å². The fraction of sp³-hybridized carbons (Fsp3) is 0.375. The van der Waals surface area contributed by atoms with E-state index >= 15 is 0 Å². The van der Waals surface area contributed by atoms with E-state index in [2.05, 4.69) is 45.9 Å². The number of rotatable bonds is 7. The van der Waals surface area contributed by atoms with Gasteiger partial charge in [-0.3, -0.25) is 9.69 Å². The quantitative estimate of drug-likeness (QED) is 0.652. The van der Waals surface area contributed by atoms with Crippen molar-refractivity contribution in [2.24, 2.45) is 0 Å². The Hall–Kier alpha value is -2.83. The maximum Gasteiger partial charge on any atom is 0.252 e. The van der Waals surface area contributed by atoms with Gasteiger partial charge in [-0.15, -0.1) is 0 Å². The molecule has 1 N–H and O–H groups in total. The first-order chi connectivity index (χ1) is 14.6. The van der Waals surface area contributed by atoms with Gasteiger partial charge in [-0.1, -0.05) is 18.2 Å². The molecule has 0 bridgehead atoms. The molecule has 6 nitrogen and oxygen atoms in total. The van der Waals surface area contributed by atoms with Gasteiger partial charge in [0.05, 0.1) is 5.52 Å². The Morgan fingerprint density at radius 2 is 1.80 bits per heavy atom. The van der Waals surface area contributed by atoms with Crippen LogP contribution in [0.25, 0.3) is 10.9 Å². The summed E-state index contributed by atoms with van der Waals surface area (Å²) in [7, 11) is 4.25. The topological polar surface area (TPSA) is 51.8 Å². The van der Waals surface area contributed by atoms with Crippen molar-refractivity contribution < 1.29 is 4.74 Å². The summed E-state index contributed by atoms with van der Waals surface area (Å²) in [5, 5.41) is 0.897. The Morgan fingerprint density at radius 3 is 2.60 bits per heavy atom. The monoisotopic (exact) mass is 406 g/mol. The summed E-state index contributed by atoms with van der Waals surface area (Å²) in [5.74, 6) is 1.33. The molecule has 3 aromatic rings. The molecule has 0 unspecified atom stereocenters. The van der Waals surface area contributed by atoms with E-state index in [-0.39, 0.29) is 5.56 Å². The predicted molar refractivity (Wildman–Crippen MR) is 123 cm³/mol. The van der Waals surface area contributed by atoms with Gasteiger partial charge in [0.2, 0.25) is 0 Å². The van der Waals surface area contributed by atoms with Crippen LogP contribution in [0.5, 0.6) is 11.5 Å². The molecule has 1 fully saturated rings. The fourth-order valence-electron chi connectivity index (χ4n) is 3.97. The highest BCUT2D eigenvalue weighted by atomic mass is 16.5. The van der Waals surface area contributed by atoms with Gasteiger partial charge in [0.1, 0.15) is 11.5 Å². The molecule has 4 rings (SSSR count). The number of ether oxygens (including phenoxy) is 1. The highest BCUT2D eigenvalue weighted by Crippen LogP contribution is 2.30. The van der Waals surface area contributed by atoms with Crippen LogP contribution in [0.2, 0.25) is 0 Å². The first-order valence-corrected chi connectivity index (χ1v) is 10.6. The molecule has 30 heavy (non-hydrogen) atoms. The fourth-order valence-corrected chi connectivity index (χ4v) is 3.97. The molecule has 2 aromatic carbocycles. The number of piperazine rings is 1. The highest BCUT2D eigenvalue weighted by Gasteiger charge is 2.17. The Kier molecular flexibility index (Phi) is 6.35. The van der Waals surface area contributed by atoms with Gasteiger partial charge in [0.25, 0.3) is 5.56 Å². The van der Waals surface area contributed by atoms with Crippen LogP contribution < -0.4 is 15.2 Å². The third-order valence-corrected chi connectivity index (χ3v) is 5.58. The predicted octanol–water partition coefficient (Wildman–Crippen LogP) is 3.39. The number of para-hydroxylation sites is 1. The number of aromatic nitrogens is 1. The highest BCUT2D eigenvalue weighted by molar-refractivity contribution is 5.84. The minimum Gasteiger partial charge on any atom is -0.456 e. The van der Waals surface area contributed by atoms with E-state index in [4.69, 9.17) is 4.74 Å². The van der Waals surface area contributed by atoms with E-state index < -0.39 is 0 Å². The summed E-state index contributed by atoms with van der Waals surface area (Å²) in [5.41, 5.74) is 1.78. The molecule has 1 aliphatic heterocycles. The summed E-state index contributed by atoms with van der Waals surface area (Å²) in [6.45, 7) is 6.48. The van der Waals surface area contributed by atoms with Gasteiger partial charge >= 0.3 is 0 Å². The number of hydrogen-bond acceptors (Lipinski definition) is 5. The molecule has 0 amide bonds. The smallest absolute Gasteiger partial charge is 0.252 e. The van der Waals surface area contributed by atoms with E-state index in [1.807, 2.05) is 36.4 Å². The third kappa shape index (κ3) is 5.01. The van der Waals surface area contributed by atoms with Crippen LogP contribution >= 0.6 is 0 Å². The molecule has 158 valence electrons. The van der Waals surface area contributed by atoms with E-state index in [1.54, 1.807) is 0 Å². The molecule has 0 atom stereocenters. The van der Waals surface area contributed by atoms with Gasteiger partial charge in [-0.2, -0.15) is 0 Å². The molecular formula is C24H30N4O2. The molecular weight excluding hydrogens is 376 g/mol. The van der Waals surface area contributed by atoms with Gasteiger partial charge < -0.3 is 19.5 Å². The summed E-state index contributed by atoms with van der Waals surface area (Å²) >= 11 is 0. The van der Waals surface area contributed by atoms with Crippen LogP contribution in [0.15, 0.2) is 59.4 Å². The average molecular weight is 407 g/mol. The zero-order valence-corrected chi connectivity index (χ0v) is 17.8. The maximum absolute atomic E-state index is 12.0. The van der Waals surface area contributed by atoms with Crippen LogP contribution in [0.1, 0.15) is 6.42 Å².